The molecular weight excluding hydrogens is 754 g/mol. The van der Waals surface area contributed by atoms with Crippen LogP contribution in [0.2, 0.25) is 5.02 Å². The Morgan fingerprint density at radius 2 is 1.90 bits per heavy atom. The number of nitriles is 1. The molecule has 1 aromatic carbocycles. The van der Waals surface area contributed by atoms with Crippen LogP contribution >= 0.6 is 27.5 Å². The van der Waals surface area contributed by atoms with E-state index in [0.717, 1.165) is 48.1 Å². The zero-order valence-electron chi connectivity index (χ0n) is 25.2. The Bertz CT molecular complexity index is 1820. The Hall–Kier alpha value is -3.69. The average Bonchev–Trinajstić information content (AvgIpc) is 3.61. The first-order valence-corrected chi connectivity index (χ1v) is 17.0. The molecule has 12 nitrogen and oxygen atoms in total. The lowest BCUT2D eigenvalue weighted by atomic mass is 9.74. The van der Waals surface area contributed by atoms with Crippen molar-refractivity contribution in [2.24, 2.45) is 0 Å². The van der Waals surface area contributed by atoms with E-state index in [0.29, 0.717) is 12.8 Å². The van der Waals surface area contributed by atoms with Crippen LogP contribution in [-0.4, -0.2) is 97.0 Å². The summed E-state index contributed by atoms with van der Waals surface area (Å²) >= 11 is 9.34. The van der Waals surface area contributed by atoms with Crippen LogP contribution in [0.15, 0.2) is 39.8 Å². The largest absolute Gasteiger partial charge is 0.481 e. The average molecular weight is 781 g/mol. The zero-order valence-corrected chi connectivity index (χ0v) is 28.3. The number of methoxy groups -OCH3 is 1. The molecule has 19 heteroatoms. The molecule has 3 amide bonds. The highest BCUT2D eigenvalue weighted by Crippen LogP contribution is 2.42. The third-order valence-electron chi connectivity index (χ3n) is 8.60. The van der Waals surface area contributed by atoms with Crippen LogP contribution in [0.3, 0.4) is 0 Å². The minimum atomic E-state index is -4.70. The molecule has 1 saturated carbocycles. The number of nitrogens with one attached hydrogen (secondary N) is 1. The topological polar surface area (TPSA) is 159 Å². The number of hydrogen-bond donors (Lipinski definition) is 1. The molecule has 2 aliphatic heterocycles. The summed E-state index contributed by atoms with van der Waals surface area (Å²) in [7, 11) is -3.37. The highest BCUT2D eigenvalue weighted by molar-refractivity contribution is 9.10. The molecule has 0 radical (unpaired) electrons. The van der Waals surface area contributed by atoms with E-state index in [9.17, 15) is 41.2 Å². The van der Waals surface area contributed by atoms with Crippen molar-refractivity contribution < 1.29 is 49.8 Å². The Kier molecular flexibility index (Phi) is 9.38. The first kappa shape index (κ1) is 35.6. The van der Waals surface area contributed by atoms with Gasteiger partial charge in [0, 0.05) is 36.4 Å². The van der Waals surface area contributed by atoms with Gasteiger partial charge in [-0.1, -0.05) is 11.6 Å². The second-order valence-corrected chi connectivity index (χ2v) is 15.4. The second-order valence-electron chi connectivity index (χ2n) is 11.8. The summed E-state index contributed by atoms with van der Waals surface area (Å²) in [5.41, 5.74) is -3.37. The summed E-state index contributed by atoms with van der Waals surface area (Å²) in [5.74, 6) is -2.96. The molecule has 3 atom stereocenters. The number of pyridine rings is 1. The summed E-state index contributed by atoms with van der Waals surface area (Å²) in [6, 6.07) is 4.48. The van der Waals surface area contributed by atoms with E-state index in [1.165, 1.54) is 6.20 Å². The molecule has 1 aliphatic carbocycles. The molecule has 3 unspecified atom stereocenters. The van der Waals surface area contributed by atoms with Gasteiger partial charge < -0.3 is 24.6 Å². The van der Waals surface area contributed by atoms with Crippen molar-refractivity contribution in [2.75, 3.05) is 26.7 Å². The Morgan fingerprint density at radius 1 is 1.23 bits per heavy atom. The van der Waals surface area contributed by atoms with Crippen molar-refractivity contribution in [1.82, 2.24) is 20.1 Å². The van der Waals surface area contributed by atoms with Crippen molar-refractivity contribution in [1.29, 1.82) is 5.26 Å². The van der Waals surface area contributed by atoms with E-state index in [4.69, 9.17) is 21.1 Å². The first-order chi connectivity index (χ1) is 22.4. The lowest BCUT2D eigenvalue weighted by Gasteiger charge is -2.49. The third kappa shape index (κ3) is 6.51. The molecule has 1 N–H and O–H groups in total. The summed E-state index contributed by atoms with van der Waals surface area (Å²) in [6.07, 6.45) is -6.28. The fourth-order valence-electron chi connectivity index (χ4n) is 5.73. The fourth-order valence-corrected chi connectivity index (χ4v) is 8.27. The molecule has 1 aromatic heterocycles. The van der Waals surface area contributed by atoms with Crippen LogP contribution < -0.4 is 10.1 Å². The lowest BCUT2D eigenvalue weighted by Crippen LogP contribution is -2.69. The number of rotatable bonds is 8. The van der Waals surface area contributed by atoms with Gasteiger partial charge in [0.05, 0.1) is 34.0 Å². The van der Waals surface area contributed by atoms with Gasteiger partial charge in [-0.05, 0) is 60.3 Å². The maximum atomic E-state index is 15.4. The van der Waals surface area contributed by atoms with Crippen LogP contribution in [0, 0.1) is 17.1 Å². The maximum Gasteiger partial charge on any atom is 0.425 e. The molecule has 3 aliphatic rings. The summed E-state index contributed by atoms with van der Waals surface area (Å²) in [5, 5.41) is 10.2. The number of likely N-dealkylation sites (tertiary alicyclic amines) is 2. The van der Waals surface area contributed by atoms with Crippen LogP contribution in [0.5, 0.6) is 5.75 Å². The highest BCUT2D eigenvalue weighted by Gasteiger charge is 2.60. The van der Waals surface area contributed by atoms with Gasteiger partial charge in [-0.2, -0.15) is 18.4 Å². The Morgan fingerprint density at radius 3 is 2.44 bits per heavy atom. The number of aromatic nitrogens is 1. The van der Waals surface area contributed by atoms with E-state index in [-0.39, 0.29) is 15.9 Å². The molecule has 3 heterocycles. The van der Waals surface area contributed by atoms with Gasteiger partial charge >= 0.3 is 12.3 Å². The van der Waals surface area contributed by atoms with Gasteiger partial charge in [0.1, 0.15) is 28.6 Å². The predicted octanol–water partition coefficient (Wildman–Crippen LogP) is 3.90. The van der Waals surface area contributed by atoms with Crippen molar-refractivity contribution in [2.45, 2.75) is 65.6 Å². The van der Waals surface area contributed by atoms with Gasteiger partial charge in [0.2, 0.25) is 11.8 Å². The number of benzene rings is 1. The molecule has 2 aromatic rings. The lowest BCUT2D eigenvalue weighted by molar-refractivity contribution is -0.189. The molecule has 2 saturated heterocycles. The number of sulfone groups is 1. The molecule has 0 spiro atoms. The smallest absolute Gasteiger partial charge is 0.425 e. The van der Waals surface area contributed by atoms with Crippen molar-refractivity contribution in [3.8, 4) is 11.8 Å². The standard InChI is InChI=1S/C29H27BrClF4N5O7S/c1-15(29(33,34)35)47-17-3-4-22(19(31)8-17)48(44,45)18-9-21(24(41)38-27(12-36)5-6-27)40(11-18)25(42)28(13-39(14-28)26(43)46-2)23-20(32)7-16(30)10-37-23/h3-4,7-8,10,15,18,21H,5-6,9,11,13-14H2,1-2H3,(H,38,41). The van der Waals surface area contributed by atoms with E-state index in [2.05, 4.69) is 26.2 Å². The number of carbonyl (C=O) groups excluding carboxylic acids is 3. The molecule has 258 valence electrons. The van der Waals surface area contributed by atoms with Gasteiger partial charge in [-0.25, -0.2) is 17.6 Å². The zero-order chi connectivity index (χ0) is 35.4. The van der Waals surface area contributed by atoms with Crippen molar-refractivity contribution in [3.05, 3.63) is 51.5 Å². The second kappa shape index (κ2) is 12.6. The third-order valence-corrected chi connectivity index (χ3v) is 11.6. The van der Waals surface area contributed by atoms with Gasteiger partial charge in [0.25, 0.3) is 0 Å². The number of halogens is 6. The number of amides is 3. The predicted molar refractivity (Wildman–Crippen MR) is 162 cm³/mol. The molecule has 48 heavy (non-hydrogen) atoms. The van der Waals surface area contributed by atoms with Crippen molar-refractivity contribution in [3.63, 3.8) is 0 Å². The van der Waals surface area contributed by atoms with Gasteiger partial charge in [0.15, 0.2) is 15.9 Å². The molecule has 5 rings (SSSR count). The SMILES string of the molecule is COC(=O)N1CC(C(=O)N2CC(S(=O)(=O)c3ccc(OC(C)C(F)(F)F)cc3Cl)CC2C(=O)NC2(C#N)CC2)(c2ncc(Br)cc2F)C1. The van der Waals surface area contributed by atoms with E-state index < -0.39 is 104 Å². The van der Waals surface area contributed by atoms with Gasteiger partial charge in [-0.3, -0.25) is 14.6 Å². The monoisotopic (exact) mass is 779 g/mol. The highest BCUT2D eigenvalue weighted by atomic mass is 79.9. The number of carbonyl (C=O) groups is 3. The summed E-state index contributed by atoms with van der Waals surface area (Å²) in [4.78, 5) is 46.1. The summed E-state index contributed by atoms with van der Waals surface area (Å²) in [6.45, 7) is -0.631. The molecule has 3 fully saturated rings. The first-order valence-electron chi connectivity index (χ1n) is 14.3. The fraction of sp³-hybridized carbons (Fsp3) is 0.483. The molecular formula is C29H27BrClF4N5O7S. The van der Waals surface area contributed by atoms with E-state index in [1.54, 1.807) is 0 Å². The Labute approximate surface area is 285 Å². The maximum absolute atomic E-state index is 15.4. The minimum absolute atomic E-state index is 0.257. The Balaban J connectivity index is 1.50. The normalized spacial score (nSPS) is 21.8. The van der Waals surface area contributed by atoms with Crippen LogP contribution in [0.25, 0.3) is 0 Å². The quantitative estimate of drug-likeness (QED) is 0.393. The van der Waals surface area contributed by atoms with E-state index in [1.807, 2.05) is 6.07 Å². The minimum Gasteiger partial charge on any atom is -0.481 e. The number of ether oxygens (including phenoxy) is 2. The number of nitrogens with zero attached hydrogens (tertiary/aromatic N) is 4. The summed E-state index contributed by atoms with van der Waals surface area (Å²) < 4.78 is 92.1. The van der Waals surface area contributed by atoms with Crippen LogP contribution in [0.1, 0.15) is 31.9 Å². The van der Waals surface area contributed by atoms with Gasteiger partial charge in [-0.15, -0.1) is 0 Å². The van der Waals surface area contributed by atoms with Crippen LogP contribution in [0.4, 0.5) is 22.4 Å². The number of hydrogen-bond acceptors (Lipinski definition) is 9. The molecule has 0 bridgehead atoms. The van der Waals surface area contributed by atoms with Crippen molar-refractivity contribution >= 4 is 55.3 Å². The van der Waals surface area contributed by atoms with E-state index >= 15 is 4.39 Å². The number of alkyl halides is 3. The van der Waals surface area contributed by atoms with Crippen LogP contribution in [-0.2, 0) is 29.6 Å².